The molecule has 1 amide bonds. The van der Waals surface area contributed by atoms with E-state index in [1.165, 1.54) is 11.1 Å². The van der Waals surface area contributed by atoms with E-state index in [0.717, 1.165) is 50.6 Å². The third-order valence-electron chi connectivity index (χ3n) is 10.5. The summed E-state index contributed by atoms with van der Waals surface area (Å²) in [6.45, 7) is 12.7. The van der Waals surface area contributed by atoms with E-state index in [-0.39, 0.29) is 41.2 Å². The minimum atomic E-state index is -5.08. The highest BCUT2D eigenvalue weighted by Crippen LogP contribution is 2.45. The summed E-state index contributed by atoms with van der Waals surface area (Å²) in [5.74, 6) is -2.61. The van der Waals surface area contributed by atoms with Crippen LogP contribution in [-0.2, 0) is 21.4 Å². The number of piperazine rings is 1. The minimum Gasteiger partial charge on any atom is -0.475 e. The molecule has 3 aliphatic heterocycles. The van der Waals surface area contributed by atoms with Crippen LogP contribution in [0.5, 0.6) is 6.01 Å². The number of alkyl halides is 3. The first kappa shape index (κ1) is 37.5. The topological polar surface area (TPSA) is 121 Å². The molecule has 1 N–H and O–H groups in total. The fourth-order valence-corrected chi connectivity index (χ4v) is 7.94. The third kappa shape index (κ3) is 7.60. The van der Waals surface area contributed by atoms with Gasteiger partial charge < -0.3 is 24.4 Å². The molecule has 0 spiro atoms. The average Bonchev–Trinajstić information content (AvgIpc) is 3.70. The molecular formula is C37H46F4N6O5. The van der Waals surface area contributed by atoms with E-state index in [4.69, 9.17) is 34.3 Å². The van der Waals surface area contributed by atoms with Gasteiger partial charge in [-0.1, -0.05) is 32.0 Å². The van der Waals surface area contributed by atoms with Crippen molar-refractivity contribution in [2.24, 2.45) is 0 Å². The Morgan fingerprint density at radius 1 is 1.06 bits per heavy atom. The number of carboxylic acids is 1. The molecule has 3 aromatic rings. The van der Waals surface area contributed by atoms with Gasteiger partial charge in [0.1, 0.15) is 29.2 Å². The number of hydrogen-bond donors (Lipinski definition) is 1. The van der Waals surface area contributed by atoms with Crippen molar-refractivity contribution in [2.45, 2.75) is 108 Å². The van der Waals surface area contributed by atoms with Gasteiger partial charge in [-0.05, 0) is 89.4 Å². The van der Waals surface area contributed by atoms with E-state index in [1.807, 2.05) is 37.8 Å². The number of aryl methyl sites for hydroxylation is 1. The number of anilines is 1. The van der Waals surface area contributed by atoms with Crippen molar-refractivity contribution in [2.75, 3.05) is 38.2 Å². The van der Waals surface area contributed by atoms with Gasteiger partial charge in [-0.2, -0.15) is 23.1 Å². The minimum absolute atomic E-state index is 0.0219. The van der Waals surface area contributed by atoms with E-state index >= 15 is 4.39 Å². The molecule has 2 aromatic heterocycles. The van der Waals surface area contributed by atoms with Crippen LogP contribution in [-0.4, -0.2) is 105 Å². The summed E-state index contributed by atoms with van der Waals surface area (Å²) in [4.78, 5) is 42.7. The zero-order valence-electron chi connectivity index (χ0n) is 30.4. The molecule has 1 aromatic carbocycles. The van der Waals surface area contributed by atoms with Crippen molar-refractivity contribution in [3.05, 3.63) is 41.3 Å². The molecule has 0 unspecified atom stereocenters. The zero-order chi connectivity index (χ0) is 37.7. The van der Waals surface area contributed by atoms with Crippen LogP contribution in [0.3, 0.4) is 0 Å². The summed E-state index contributed by atoms with van der Waals surface area (Å²) >= 11 is 0. The monoisotopic (exact) mass is 730 g/mol. The first-order valence-corrected chi connectivity index (χ1v) is 17.7. The Balaban J connectivity index is 0.000000604. The zero-order valence-corrected chi connectivity index (χ0v) is 30.4. The van der Waals surface area contributed by atoms with Gasteiger partial charge in [0, 0.05) is 30.9 Å². The van der Waals surface area contributed by atoms with Crippen molar-refractivity contribution >= 4 is 28.8 Å². The van der Waals surface area contributed by atoms with Crippen molar-refractivity contribution in [1.29, 1.82) is 0 Å². The van der Waals surface area contributed by atoms with Crippen LogP contribution in [0.2, 0.25) is 0 Å². The van der Waals surface area contributed by atoms with Crippen molar-refractivity contribution in [1.82, 2.24) is 24.8 Å². The number of halogens is 4. The maximum Gasteiger partial charge on any atom is 0.490 e. The Bertz CT molecular complexity index is 1830. The Hall–Kier alpha value is -4.27. The highest BCUT2D eigenvalue weighted by Gasteiger charge is 2.45. The number of amides is 1. The van der Waals surface area contributed by atoms with Crippen LogP contribution < -0.4 is 9.64 Å². The number of carbonyl (C=O) groups excluding carboxylic acids is 1. The quantitative estimate of drug-likeness (QED) is 0.283. The first-order chi connectivity index (χ1) is 24.3. The van der Waals surface area contributed by atoms with Gasteiger partial charge in [0.25, 0.3) is 0 Å². The van der Waals surface area contributed by atoms with Crippen LogP contribution in [0.1, 0.15) is 77.8 Å². The molecule has 0 radical (unpaired) electrons. The number of carbonyl (C=O) groups is 2. The molecule has 3 saturated heterocycles. The van der Waals surface area contributed by atoms with Gasteiger partial charge in [-0.15, -0.1) is 0 Å². The summed E-state index contributed by atoms with van der Waals surface area (Å²) in [7, 11) is 2.10. The van der Waals surface area contributed by atoms with Gasteiger partial charge in [0.05, 0.1) is 17.5 Å². The van der Waals surface area contributed by atoms with Gasteiger partial charge in [-0.3, -0.25) is 9.88 Å². The van der Waals surface area contributed by atoms with Crippen molar-refractivity contribution in [3.8, 4) is 17.3 Å². The predicted molar refractivity (Wildman–Crippen MR) is 186 cm³/mol. The highest BCUT2D eigenvalue weighted by molar-refractivity contribution is 5.92. The second-order valence-electron chi connectivity index (χ2n) is 15.8. The number of likely N-dealkylation sites (N-methyl/N-ethyl adjacent to an activating group) is 1. The first-order valence-electron chi connectivity index (χ1n) is 17.7. The molecule has 1 aliphatic carbocycles. The molecule has 3 atom stereocenters. The SMILES string of the molecule is CN1CCC[C@H]1COc1nc(N2C[C@H]3CC[C@@H](C2)N3C(=O)OC(C)(C)C)c2cnc(-c3cccc4c3C(C)(C)CC4)c(F)c2n1.O=C(O)C(F)(F)F. The molecule has 11 nitrogen and oxygen atoms in total. The lowest BCUT2D eigenvalue weighted by Crippen LogP contribution is -2.57. The molecule has 3 fully saturated rings. The van der Waals surface area contributed by atoms with Gasteiger partial charge in [0.15, 0.2) is 5.82 Å². The van der Waals surface area contributed by atoms with Crippen molar-refractivity contribution < 1.29 is 41.7 Å². The molecule has 7 rings (SSSR count). The number of nitrogens with zero attached hydrogens (tertiary/aromatic N) is 6. The second kappa shape index (κ2) is 13.9. The molecule has 0 saturated carbocycles. The molecule has 4 aliphatic rings. The molecule has 15 heteroatoms. The fourth-order valence-electron chi connectivity index (χ4n) is 7.94. The van der Waals surface area contributed by atoms with Crippen LogP contribution in [0.4, 0.5) is 28.2 Å². The predicted octanol–water partition coefficient (Wildman–Crippen LogP) is 6.75. The van der Waals surface area contributed by atoms with Crippen LogP contribution >= 0.6 is 0 Å². The summed E-state index contributed by atoms with van der Waals surface area (Å²) < 4.78 is 60.5. The smallest absolute Gasteiger partial charge is 0.475 e. The van der Waals surface area contributed by atoms with E-state index in [2.05, 4.69) is 36.8 Å². The van der Waals surface area contributed by atoms with Crippen molar-refractivity contribution in [3.63, 3.8) is 0 Å². The standard InChI is InChI=1S/C35H45FN6O3.C2HF3O2/c1-34(2,3)45-33(43)42-22-12-13-23(42)19-41(18-22)31-26-17-37-29(25-11-7-9-21-14-15-35(4,5)27(21)25)28(36)30(26)38-32(39-31)44-20-24-10-8-16-40(24)6;3-2(4,5)1(6)7/h7,9,11,17,22-24H,8,10,12-16,18-20H2,1-6H3;(H,6,7)/t22-,23+,24-;/m0./s1. The molecule has 52 heavy (non-hydrogen) atoms. The summed E-state index contributed by atoms with van der Waals surface area (Å²) in [5, 5.41) is 7.68. The number of likely N-dealkylation sites (tertiary alicyclic amines) is 1. The lowest BCUT2D eigenvalue weighted by atomic mass is 9.82. The Kier molecular flexibility index (Phi) is 10.0. The second-order valence-corrected chi connectivity index (χ2v) is 15.8. The fraction of sp³-hybridized carbons (Fsp3) is 0.595. The molecule has 5 heterocycles. The van der Waals surface area contributed by atoms with Gasteiger partial charge in [0.2, 0.25) is 0 Å². The number of aliphatic carboxylic acids is 1. The molecular weight excluding hydrogens is 684 g/mol. The van der Waals surface area contributed by atoms with E-state index in [1.54, 1.807) is 6.20 Å². The third-order valence-corrected chi connectivity index (χ3v) is 10.5. The number of pyridine rings is 1. The van der Waals surface area contributed by atoms with Crippen LogP contribution in [0.15, 0.2) is 24.4 Å². The van der Waals surface area contributed by atoms with E-state index in [0.29, 0.717) is 36.6 Å². The number of fused-ring (bicyclic) bond motifs is 4. The summed E-state index contributed by atoms with van der Waals surface area (Å²) in [6.07, 6.45) is 2.29. The Morgan fingerprint density at radius 2 is 1.73 bits per heavy atom. The van der Waals surface area contributed by atoms with Crippen LogP contribution in [0, 0.1) is 5.82 Å². The highest BCUT2D eigenvalue weighted by atomic mass is 19.4. The Morgan fingerprint density at radius 3 is 2.33 bits per heavy atom. The largest absolute Gasteiger partial charge is 0.490 e. The number of carboxylic acid groups (broad SMARTS) is 1. The number of ether oxygens (including phenoxy) is 2. The molecule has 2 bridgehead atoms. The average molecular weight is 731 g/mol. The normalized spacial score (nSPS) is 22.6. The lowest BCUT2D eigenvalue weighted by Gasteiger charge is -2.42. The Labute approximate surface area is 300 Å². The number of hydrogen-bond acceptors (Lipinski definition) is 9. The summed E-state index contributed by atoms with van der Waals surface area (Å²) in [6, 6.07) is 6.52. The number of benzene rings is 1. The number of aromatic nitrogens is 3. The van der Waals surface area contributed by atoms with Gasteiger partial charge in [-0.25, -0.2) is 14.0 Å². The maximum atomic E-state index is 16.8. The maximum absolute atomic E-state index is 16.8. The van der Waals surface area contributed by atoms with E-state index in [9.17, 15) is 18.0 Å². The van der Waals surface area contributed by atoms with Gasteiger partial charge >= 0.3 is 24.2 Å². The van der Waals surface area contributed by atoms with E-state index < -0.39 is 23.6 Å². The van der Waals surface area contributed by atoms with Crippen LogP contribution in [0.25, 0.3) is 22.2 Å². The molecule has 282 valence electrons. The number of rotatable bonds is 5. The lowest BCUT2D eigenvalue weighted by molar-refractivity contribution is -0.192. The summed E-state index contributed by atoms with van der Waals surface area (Å²) in [5.41, 5.74) is 3.15.